The molecule has 0 atom stereocenters. The molecule has 0 bridgehead atoms. The molecule has 1 radical (unpaired) electrons. The van der Waals surface area contributed by atoms with Gasteiger partial charge in [0, 0.05) is 18.0 Å². The van der Waals surface area contributed by atoms with Crippen molar-refractivity contribution < 1.29 is 21.6 Å². The van der Waals surface area contributed by atoms with Crippen LogP contribution in [-0.4, -0.2) is 27.9 Å². The van der Waals surface area contributed by atoms with Gasteiger partial charge in [-0.3, -0.25) is 0 Å². The number of nitrogens with zero attached hydrogens (tertiary/aromatic N) is 4. The first-order chi connectivity index (χ1) is 12.6. The number of sulfone groups is 1. The first-order valence-corrected chi connectivity index (χ1v) is 9.67. The number of fused-ring (bicyclic) bond motifs is 1. The number of rotatable bonds is 5. The highest BCUT2D eigenvalue weighted by molar-refractivity contribution is 7.93. The third-order valence-corrected chi connectivity index (χ3v) is 5.55. The van der Waals surface area contributed by atoms with Gasteiger partial charge >= 0.3 is 6.18 Å². The van der Waals surface area contributed by atoms with Crippen LogP contribution in [0, 0.1) is 5.75 Å². The van der Waals surface area contributed by atoms with Gasteiger partial charge in [0.2, 0.25) is 5.82 Å². The minimum absolute atomic E-state index is 0.00659. The lowest BCUT2D eigenvalue weighted by molar-refractivity contribution is -0.144. The topological polar surface area (TPSA) is 77.7 Å². The second kappa shape index (κ2) is 7.08. The predicted octanol–water partition coefficient (Wildman–Crippen LogP) is 3.70. The Morgan fingerprint density at radius 2 is 1.85 bits per heavy atom. The zero-order chi connectivity index (χ0) is 19.8. The molecule has 6 nitrogen and oxygen atoms in total. The minimum atomic E-state index is -4.68. The van der Waals surface area contributed by atoms with Gasteiger partial charge < -0.3 is 4.57 Å². The summed E-state index contributed by atoms with van der Waals surface area (Å²) in [5.41, 5.74) is 0.171. The molecule has 0 saturated carbocycles. The number of benzene rings is 1. The standard InChI is InChI=1S/C16H13ClF3N4O2S/c1-2-24-13(7-8-27(25,26)11-5-3-10(17)4-6-11)22-12-9-21-15(16(18,19)20)23-14(12)24/h3-6,8-9H,2,7H2,1H3. The van der Waals surface area contributed by atoms with E-state index in [0.29, 0.717) is 5.02 Å². The van der Waals surface area contributed by atoms with Crippen molar-refractivity contribution in [3.05, 3.63) is 52.9 Å². The van der Waals surface area contributed by atoms with Crippen LogP contribution >= 0.6 is 11.6 Å². The van der Waals surface area contributed by atoms with Crippen molar-refractivity contribution in [3.63, 3.8) is 0 Å². The van der Waals surface area contributed by atoms with E-state index in [2.05, 4.69) is 15.0 Å². The first kappa shape index (κ1) is 19.6. The molecule has 0 saturated heterocycles. The number of hydrogen-bond donors (Lipinski definition) is 0. The average molecular weight is 418 g/mol. The second-order valence-electron chi connectivity index (χ2n) is 5.54. The van der Waals surface area contributed by atoms with Crippen molar-refractivity contribution in [1.82, 2.24) is 19.5 Å². The van der Waals surface area contributed by atoms with Gasteiger partial charge in [0.05, 0.1) is 16.8 Å². The van der Waals surface area contributed by atoms with E-state index < -0.39 is 21.8 Å². The Labute approximate surface area is 157 Å². The SMILES string of the molecule is CCn1c(C[CH]S(=O)(=O)c2ccc(Cl)cc2)nc2cnc(C(F)(F)F)nc21. The fourth-order valence-electron chi connectivity index (χ4n) is 2.50. The van der Waals surface area contributed by atoms with Crippen LogP contribution in [-0.2, 0) is 29.0 Å². The van der Waals surface area contributed by atoms with E-state index in [4.69, 9.17) is 11.6 Å². The van der Waals surface area contributed by atoms with Gasteiger partial charge in [0.15, 0.2) is 15.5 Å². The smallest absolute Gasteiger partial charge is 0.313 e. The molecular weight excluding hydrogens is 405 g/mol. The van der Waals surface area contributed by atoms with Crippen LogP contribution in [0.3, 0.4) is 0 Å². The molecule has 1 aromatic carbocycles. The molecule has 143 valence electrons. The monoisotopic (exact) mass is 417 g/mol. The highest BCUT2D eigenvalue weighted by atomic mass is 35.5. The van der Waals surface area contributed by atoms with Crippen LogP contribution in [0.15, 0.2) is 35.4 Å². The molecule has 0 fully saturated rings. The van der Waals surface area contributed by atoms with Crippen molar-refractivity contribution in [1.29, 1.82) is 0 Å². The molecule has 0 spiro atoms. The van der Waals surface area contributed by atoms with Gasteiger partial charge in [-0.05, 0) is 31.2 Å². The zero-order valence-corrected chi connectivity index (χ0v) is 15.5. The van der Waals surface area contributed by atoms with E-state index in [1.54, 1.807) is 6.92 Å². The molecule has 0 unspecified atom stereocenters. The molecule has 0 aliphatic rings. The average Bonchev–Trinajstić information content (AvgIpc) is 2.96. The number of imidazole rings is 1. The lowest BCUT2D eigenvalue weighted by atomic mass is 10.4. The third kappa shape index (κ3) is 4.06. The maximum atomic E-state index is 12.8. The molecular formula is C16H13ClF3N4O2S. The molecule has 11 heteroatoms. The predicted molar refractivity (Wildman–Crippen MR) is 92.6 cm³/mol. The molecule has 3 rings (SSSR count). The summed E-state index contributed by atoms with van der Waals surface area (Å²) in [6.45, 7) is 1.97. The summed E-state index contributed by atoms with van der Waals surface area (Å²) in [5, 5.41) is 0.403. The molecule has 0 aliphatic heterocycles. The van der Waals surface area contributed by atoms with Gasteiger partial charge in [-0.25, -0.2) is 23.4 Å². The summed E-state index contributed by atoms with van der Waals surface area (Å²) < 4.78 is 64.7. The van der Waals surface area contributed by atoms with Crippen LogP contribution < -0.4 is 0 Å². The number of hydrogen-bond acceptors (Lipinski definition) is 5. The fraction of sp³-hybridized carbons (Fsp3) is 0.250. The number of aryl methyl sites for hydroxylation is 1. The summed E-state index contributed by atoms with van der Waals surface area (Å²) >= 11 is 5.75. The van der Waals surface area contributed by atoms with E-state index in [9.17, 15) is 21.6 Å². The van der Waals surface area contributed by atoms with Crippen molar-refractivity contribution in [3.8, 4) is 0 Å². The van der Waals surface area contributed by atoms with Crippen LogP contribution in [0.25, 0.3) is 11.2 Å². The van der Waals surface area contributed by atoms with E-state index >= 15 is 0 Å². The van der Waals surface area contributed by atoms with E-state index in [1.165, 1.54) is 28.8 Å². The Bertz CT molecular complexity index is 1080. The number of aromatic nitrogens is 4. The van der Waals surface area contributed by atoms with Crippen LogP contribution in [0.5, 0.6) is 0 Å². The second-order valence-corrected chi connectivity index (χ2v) is 7.87. The maximum absolute atomic E-state index is 12.8. The zero-order valence-electron chi connectivity index (χ0n) is 13.9. The van der Waals surface area contributed by atoms with Gasteiger partial charge in [0.25, 0.3) is 0 Å². The largest absolute Gasteiger partial charge is 0.451 e. The summed E-state index contributed by atoms with van der Waals surface area (Å²) in [4.78, 5) is 11.0. The Balaban J connectivity index is 1.91. The Kier molecular flexibility index (Phi) is 5.13. The van der Waals surface area contributed by atoms with Crippen molar-refractivity contribution in [2.75, 3.05) is 0 Å². The Hall–Kier alpha value is -2.20. The van der Waals surface area contributed by atoms with E-state index in [0.717, 1.165) is 11.9 Å². The van der Waals surface area contributed by atoms with Gasteiger partial charge in [-0.2, -0.15) is 13.2 Å². The summed E-state index contributed by atoms with van der Waals surface area (Å²) in [6.07, 6.45) is -3.80. The molecule has 3 aromatic rings. The molecule has 2 heterocycles. The van der Waals surface area contributed by atoms with Gasteiger partial charge in [0.1, 0.15) is 11.3 Å². The fourth-order valence-corrected chi connectivity index (χ4v) is 3.70. The highest BCUT2D eigenvalue weighted by Crippen LogP contribution is 2.27. The maximum Gasteiger partial charge on any atom is 0.451 e. The van der Waals surface area contributed by atoms with E-state index in [1.807, 2.05) is 0 Å². The molecule has 27 heavy (non-hydrogen) atoms. The molecule has 2 aromatic heterocycles. The highest BCUT2D eigenvalue weighted by Gasteiger charge is 2.35. The van der Waals surface area contributed by atoms with Crippen LogP contribution in [0.2, 0.25) is 5.02 Å². The number of alkyl halides is 3. The van der Waals surface area contributed by atoms with Crippen molar-refractivity contribution >= 4 is 32.6 Å². The third-order valence-electron chi connectivity index (χ3n) is 3.76. The van der Waals surface area contributed by atoms with Crippen molar-refractivity contribution in [2.24, 2.45) is 0 Å². The first-order valence-electron chi connectivity index (χ1n) is 7.75. The lowest BCUT2D eigenvalue weighted by Crippen LogP contribution is -2.12. The molecule has 0 amide bonds. The summed E-state index contributed by atoms with van der Waals surface area (Å²) in [6, 6.07) is 5.66. The lowest BCUT2D eigenvalue weighted by Gasteiger charge is -2.07. The van der Waals surface area contributed by atoms with Gasteiger partial charge in [-0.1, -0.05) is 11.6 Å². The molecule has 0 N–H and O–H groups in total. The van der Waals surface area contributed by atoms with Gasteiger partial charge in [-0.15, -0.1) is 0 Å². The Morgan fingerprint density at radius 3 is 2.44 bits per heavy atom. The van der Waals surface area contributed by atoms with Crippen LogP contribution in [0.1, 0.15) is 18.6 Å². The molecule has 0 aliphatic carbocycles. The number of halogens is 4. The normalized spacial score (nSPS) is 12.6. The quantitative estimate of drug-likeness (QED) is 0.632. The van der Waals surface area contributed by atoms with E-state index in [-0.39, 0.29) is 34.8 Å². The van der Waals surface area contributed by atoms with Crippen LogP contribution in [0.4, 0.5) is 13.2 Å². The summed E-state index contributed by atoms with van der Waals surface area (Å²) in [7, 11) is -3.72. The Morgan fingerprint density at radius 1 is 1.19 bits per heavy atom. The minimum Gasteiger partial charge on any atom is -0.313 e. The van der Waals surface area contributed by atoms with Crippen molar-refractivity contribution in [2.45, 2.75) is 31.0 Å². The summed E-state index contributed by atoms with van der Waals surface area (Å²) in [5.74, 6) is 0.0643.